The van der Waals surface area contributed by atoms with Gasteiger partial charge < -0.3 is 14.8 Å². The zero-order chi connectivity index (χ0) is 10.7. The molecular weight excluding hydrogens is 230 g/mol. The summed E-state index contributed by atoms with van der Waals surface area (Å²) < 4.78 is 10.4. The van der Waals surface area contributed by atoms with E-state index in [9.17, 15) is 4.79 Å². The van der Waals surface area contributed by atoms with Gasteiger partial charge in [0.15, 0.2) is 0 Å². The maximum absolute atomic E-state index is 11.6. The number of esters is 1. The lowest BCUT2D eigenvalue weighted by Crippen LogP contribution is -2.32. The summed E-state index contributed by atoms with van der Waals surface area (Å²) in [6.45, 7) is 4.90. The van der Waals surface area contributed by atoms with Crippen LogP contribution < -0.4 is 5.32 Å². The standard InChI is InChI=1S/C11H19NO3.ClH/c1-2-15-10(13)9-7-11(8-12-9)3-5-14-6-4-11;/h9,12H,2-8H2,1H3;1H. The van der Waals surface area contributed by atoms with Gasteiger partial charge in [-0.15, -0.1) is 12.4 Å². The highest BCUT2D eigenvalue weighted by atomic mass is 35.5. The molecular formula is C11H20ClNO3. The summed E-state index contributed by atoms with van der Waals surface area (Å²) in [5, 5.41) is 3.27. The SMILES string of the molecule is CCOC(=O)C1CC2(CCOCC2)CN1.Cl. The second-order valence-electron chi connectivity index (χ2n) is 4.50. The fraction of sp³-hybridized carbons (Fsp3) is 0.909. The summed E-state index contributed by atoms with van der Waals surface area (Å²) in [6.07, 6.45) is 3.04. The molecule has 1 unspecified atom stereocenters. The fourth-order valence-corrected chi connectivity index (χ4v) is 2.51. The highest BCUT2D eigenvalue weighted by Crippen LogP contribution is 2.38. The molecule has 0 saturated carbocycles. The third-order valence-electron chi connectivity index (χ3n) is 3.49. The number of hydrogen-bond acceptors (Lipinski definition) is 4. The van der Waals surface area contributed by atoms with Crippen molar-refractivity contribution in [1.29, 1.82) is 0 Å². The molecule has 0 bridgehead atoms. The van der Waals surface area contributed by atoms with Crippen LogP contribution >= 0.6 is 12.4 Å². The molecule has 2 fully saturated rings. The Bertz CT molecular complexity index is 241. The average Bonchev–Trinajstić information content (AvgIpc) is 2.64. The van der Waals surface area contributed by atoms with E-state index in [4.69, 9.17) is 9.47 Å². The van der Waals surface area contributed by atoms with E-state index in [2.05, 4.69) is 5.32 Å². The van der Waals surface area contributed by atoms with Gasteiger partial charge in [0.1, 0.15) is 6.04 Å². The normalized spacial score (nSPS) is 27.4. The number of nitrogens with one attached hydrogen (secondary N) is 1. The van der Waals surface area contributed by atoms with E-state index in [0.29, 0.717) is 6.61 Å². The number of ether oxygens (including phenoxy) is 2. The quantitative estimate of drug-likeness (QED) is 0.746. The predicted octanol–water partition coefficient (Wildman–Crippen LogP) is 1.13. The molecule has 16 heavy (non-hydrogen) atoms. The van der Waals surface area contributed by atoms with E-state index in [1.165, 1.54) is 0 Å². The van der Waals surface area contributed by atoms with Crippen molar-refractivity contribution in [3.63, 3.8) is 0 Å². The number of hydrogen-bond donors (Lipinski definition) is 1. The molecule has 2 aliphatic heterocycles. The van der Waals surface area contributed by atoms with Crippen LogP contribution in [0.5, 0.6) is 0 Å². The smallest absolute Gasteiger partial charge is 0.323 e. The first-order valence-electron chi connectivity index (χ1n) is 5.73. The van der Waals surface area contributed by atoms with Crippen LogP contribution in [-0.2, 0) is 14.3 Å². The summed E-state index contributed by atoms with van der Waals surface area (Å²) in [5.74, 6) is -0.0964. The summed E-state index contributed by atoms with van der Waals surface area (Å²) >= 11 is 0. The van der Waals surface area contributed by atoms with Gasteiger partial charge in [-0.05, 0) is 31.6 Å². The van der Waals surface area contributed by atoms with Crippen molar-refractivity contribution >= 4 is 18.4 Å². The molecule has 1 spiro atoms. The summed E-state index contributed by atoms with van der Waals surface area (Å²) in [4.78, 5) is 11.6. The van der Waals surface area contributed by atoms with Gasteiger partial charge in [0.25, 0.3) is 0 Å². The van der Waals surface area contributed by atoms with Gasteiger partial charge in [0.2, 0.25) is 0 Å². The third kappa shape index (κ3) is 2.87. The van der Waals surface area contributed by atoms with E-state index in [1.807, 2.05) is 6.92 Å². The third-order valence-corrected chi connectivity index (χ3v) is 3.49. The zero-order valence-corrected chi connectivity index (χ0v) is 10.5. The van der Waals surface area contributed by atoms with Gasteiger partial charge in [-0.2, -0.15) is 0 Å². The van der Waals surface area contributed by atoms with Gasteiger partial charge in [0, 0.05) is 19.8 Å². The van der Waals surface area contributed by atoms with Crippen LogP contribution in [0, 0.1) is 5.41 Å². The minimum Gasteiger partial charge on any atom is -0.465 e. The molecule has 5 heteroatoms. The molecule has 4 nitrogen and oxygen atoms in total. The summed E-state index contributed by atoms with van der Waals surface area (Å²) in [6, 6.07) is -0.0944. The van der Waals surface area contributed by atoms with Crippen molar-refractivity contribution in [2.24, 2.45) is 5.41 Å². The van der Waals surface area contributed by atoms with Crippen LogP contribution in [-0.4, -0.2) is 38.4 Å². The minimum atomic E-state index is -0.0964. The first-order valence-corrected chi connectivity index (χ1v) is 5.73. The first-order chi connectivity index (χ1) is 7.26. The van der Waals surface area contributed by atoms with Crippen molar-refractivity contribution in [2.75, 3.05) is 26.4 Å². The molecule has 1 N–H and O–H groups in total. The number of halogens is 1. The Morgan fingerprint density at radius 1 is 1.50 bits per heavy atom. The fourth-order valence-electron chi connectivity index (χ4n) is 2.51. The number of carbonyl (C=O) groups excluding carboxylic acids is 1. The van der Waals surface area contributed by atoms with Gasteiger partial charge in [-0.3, -0.25) is 4.79 Å². The second-order valence-corrected chi connectivity index (χ2v) is 4.50. The molecule has 2 heterocycles. The van der Waals surface area contributed by atoms with Crippen molar-refractivity contribution < 1.29 is 14.3 Å². The van der Waals surface area contributed by atoms with E-state index < -0.39 is 0 Å². The molecule has 1 atom stereocenters. The lowest BCUT2D eigenvalue weighted by molar-refractivity contribution is -0.145. The Morgan fingerprint density at radius 2 is 2.19 bits per heavy atom. The van der Waals surface area contributed by atoms with Gasteiger partial charge in [-0.25, -0.2) is 0 Å². The van der Waals surface area contributed by atoms with Crippen molar-refractivity contribution in [1.82, 2.24) is 5.32 Å². The zero-order valence-electron chi connectivity index (χ0n) is 9.66. The number of rotatable bonds is 2. The lowest BCUT2D eigenvalue weighted by atomic mass is 9.78. The topological polar surface area (TPSA) is 47.6 Å². The number of carbonyl (C=O) groups is 1. The Morgan fingerprint density at radius 3 is 2.81 bits per heavy atom. The monoisotopic (exact) mass is 249 g/mol. The van der Waals surface area contributed by atoms with Crippen molar-refractivity contribution in [3.05, 3.63) is 0 Å². The average molecular weight is 250 g/mol. The maximum Gasteiger partial charge on any atom is 0.323 e. The largest absolute Gasteiger partial charge is 0.465 e. The Labute approximate surface area is 102 Å². The lowest BCUT2D eigenvalue weighted by Gasteiger charge is -2.32. The molecule has 2 aliphatic rings. The van der Waals surface area contributed by atoms with Gasteiger partial charge in [0.05, 0.1) is 6.61 Å². The molecule has 2 saturated heterocycles. The van der Waals surface area contributed by atoms with Crippen LogP contribution in [0.15, 0.2) is 0 Å². The van der Waals surface area contributed by atoms with Crippen LogP contribution in [0.4, 0.5) is 0 Å². The Kier molecular flexibility index (Phi) is 5.02. The van der Waals surface area contributed by atoms with Crippen LogP contribution in [0.25, 0.3) is 0 Å². The molecule has 0 aliphatic carbocycles. The molecule has 94 valence electrons. The Balaban J connectivity index is 0.00000128. The Hall–Kier alpha value is -0.320. The molecule has 0 aromatic rings. The van der Waals surface area contributed by atoms with Crippen LogP contribution in [0.2, 0.25) is 0 Å². The van der Waals surface area contributed by atoms with E-state index in [0.717, 1.165) is 39.0 Å². The molecule has 0 amide bonds. The highest BCUT2D eigenvalue weighted by molar-refractivity contribution is 5.85. The summed E-state index contributed by atoms with van der Waals surface area (Å²) in [7, 11) is 0. The predicted molar refractivity (Wildman–Crippen MR) is 62.8 cm³/mol. The van der Waals surface area contributed by atoms with Crippen molar-refractivity contribution in [2.45, 2.75) is 32.2 Å². The van der Waals surface area contributed by atoms with Crippen molar-refractivity contribution in [3.8, 4) is 0 Å². The van der Waals surface area contributed by atoms with Gasteiger partial charge in [-0.1, -0.05) is 0 Å². The molecule has 0 aromatic carbocycles. The van der Waals surface area contributed by atoms with Gasteiger partial charge >= 0.3 is 5.97 Å². The first kappa shape index (κ1) is 13.7. The van der Waals surface area contributed by atoms with Crippen LogP contribution in [0.1, 0.15) is 26.2 Å². The maximum atomic E-state index is 11.6. The molecule has 2 rings (SSSR count). The van der Waals surface area contributed by atoms with E-state index in [-0.39, 0.29) is 29.8 Å². The highest BCUT2D eigenvalue weighted by Gasteiger charge is 2.42. The molecule has 0 radical (unpaired) electrons. The minimum absolute atomic E-state index is 0. The van der Waals surface area contributed by atoms with Crippen LogP contribution in [0.3, 0.4) is 0 Å². The molecule has 0 aromatic heterocycles. The summed E-state index contributed by atoms with van der Waals surface area (Å²) in [5.41, 5.74) is 0.287. The second kappa shape index (κ2) is 5.84. The van der Waals surface area contributed by atoms with E-state index >= 15 is 0 Å². The van der Waals surface area contributed by atoms with E-state index in [1.54, 1.807) is 0 Å².